The molecule has 0 saturated carbocycles. The number of hydrogen-bond donors (Lipinski definition) is 8. The molecule has 0 fully saturated rings. The third-order valence-corrected chi connectivity index (χ3v) is 9.28. The molecular weight excluding hydrogens is 601 g/mol. The first-order valence-electron chi connectivity index (χ1n) is 14.1. The van der Waals surface area contributed by atoms with Gasteiger partial charge in [-0.05, 0) is 49.0 Å². The third kappa shape index (κ3) is 4.80. The molecule has 0 heterocycles. The van der Waals surface area contributed by atoms with Crippen LogP contribution in [0.3, 0.4) is 0 Å². The minimum absolute atomic E-state index is 0.0143. The molecule has 0 bridgehead atoms. The molecule has 0 amide bonds. The van der Waals surface area contributed by atoms with E-state index in [2.05, 4.69) is 6.58 Å². The minimum atomic E-state index is -0.495. The molecule has 0 saturated heterocycles. The molecule has 8 nitrogen and oxygen atoms in total. The highest BCUT2D eigenvalue weighted by Crippen LogP contribution is 2.46. The van der Waals surface area contributed by atoms with Gasteiger partial charge in [0.15, 0.2) is 23.0 Å². The normalized spacial score (nSPS) is 13.5. The van der Waals surface area contributed by atoms with E-state index in [9.17, 15) is 40.9 Å². The van der Waals surface area contributed by atoms with Crippen LogP contribution in [-0.4, -0.2) is 52.4 Å². The lowest BCUT2D eigenvalue weighted by atomic mass is 9.89. The fourth-order valence-electron chi connectivity index (χ4n) is 5.81. The second kappa shape index (κ2) is 12.2. The predicted molar refractivity (Wildman–Crippen MR) is 182 cm³/mol. The van der Waals surface area contributed by atoms with Gasteiger partial charge in [0.25, 0.3) is 0 Å². The molecule has 234 valence electrons. The fraction of sp³-hybridized carbons (Fsp3) is 0.294. The highest BCUT2D eigenvalue weighted by atomic mass is 32.2. The molecule has 4 rings (SSSR count). The molecular formula is C34H38O8S2. The summed E-state index contributed by atoms with van der Waals surface area (Å²) >= 11 is 2.61. The van der Waals surface area contributed by atoms with Crippen LogP contribution >= 0.6 is 23.5 Å². The van der Waals surface area contributed by atoms with E-state index < -0.39 is 40.2 Å². The van der Waals surface area contributed by atoms with Crippen LogP contribution in [0.25, 0.3) is 44.5 Å². The van der Waals surface area contributed by atoms with E-state index in [1.54, 1.807) is 38.5 Å². The zero-order valence-corrected chi connectivity index (χ0v) is 27.4. The predicted octanol–water partition coefficient (Wildman–Crippen LogP) is 4.94. The van der Waals surface area contributed by atoms with Gasteiger partial charge in [-0.2, -0.15) is 0 Å². The summed E-state index contributed by atoms with van der Waals surface area (Å²) in [6.45, 7) is 16.2. The van der Waals surface area contributed by atoms with Gasteiger partial charge >= 0.3 is 0 Å². The van der Waals surface area contributed by atoms with Crippen molar-refractivity contribution in [2.45, 2.75) is 54.4 Å². The van der Waals surface area contributed by atoms with Crippen molar-refractivity contribution in [3.05, 3.63) is 42.4 Å². The van der Waals surface area contributed by atoms with Crippen molar-refractivity contribution in [1.29, 1.82) is 0 Å². The lowest BCUT2D eigenvalue weighted by Gasteiger charge is -2.19. The monoisotopic (exact) mass is 638 g/mol. The van der Waals surface area contributed by atoms with Gasteiger partial charge in [0, 0.05) is 64.0 Å². The van der Waals surface area contributed by atoms with Crippen molar-refractivity contribution in [1.82, 2.24) is 0 Å². The summed E-state index contributed by atoms with van der Waals surface area (Å²) in [7, 11) is 0. The van der Waals surface area contributed by atoms with Crippen LogP contribution in [0.1, 0.15) is 58.6 Å². The number of rotatable bonds is 5. The minimum Gasteiger partial charge on any atom is -0.507 e. The molecule has 0 atom stereocenters. The molecule has 0 spiro atoms. The zero-order chi connectivity index (χ0) is 32.9. The van der Waals surface area contributed by atoms with E-state index in [1.807, 2.05) is 13.8 Å². The number of phenols is 8. The second-order valence-electron chi connectivity index (χ2n) is 11.1. The Morgan fingerprint density at radius 1 is 0.636 bits per heavy atom. The molecule has 4 aromatic rings. The second-order valence-corrected chi connectivity index (χ2v) is 13.4. The third-order valence-electron chi connectivity index (χ3n) is 7.81. The molecule has 8 N–H and O–H groups in total. The van der Waals surface area contributed by atoms with Crippen LogP contribution in [0, 0.1) is 17.4 Å². The molecule has 0 unspecified atom stereocenters. The molecule has 0 aliphatic rings. The van der Waals surface area contributed by atoms with Crippen LogP contribution in [-0.2, 0) is 0 Å². The number of phenolic OH excluding ortho intramolecular Hbond substituents is 8. The highest BCUT2D eigenvalue weighted by molar-refractivity contribution is 8.06. The first-order valence-corrected chi connectivity index (χ1v) is 16.2. The maximum atomic E-state index is 12.0. The lowest BCUT2D eigenvalue weighted by Crippen LogP contribution is -2.19. The summed E-state index contributed by atoms with van der Waals surface area (Å²) in [4.78, 5) is 0. The first kappa shape index (κ1) is 32.9. The number of fused-ring (bicyclic) bond motifs is 2. The van der Waals surface area contributed by atoms with Gasteiger partial charge in [0.1, 0.15) is 23.0 Å². The fourth-order valence-corrected chi connectivity index (χ4v) is 6.94. The van der Waals surface area contributed by atoms with Crippen LogP contribution in [0.15, 0.2) is 0 Å². The summed E-state index contributed by atoms with van der Waals surface area (Å²) < 4.78 is 0. The van der Waals surface area contributed by atoms with Gasteiger partial charge in [-0.15, -0.1) is 23.5 Å². The Morgan fingerprint density at radius 2 is 1.11 bits per heavy atom. The maximum Gasteiger partial charge on any atom is 0.166 e. The molecule has 44 heavy (non-hydrogen) atoms. The summed E-state index contributed by atoms with van der Waals surface area (Å²) in [6.07, 6.45) is 0. The van der Waals surface area contributed by atoms with E-state index in [0.29, 0.717) is 17.1 Å². The summed E-state index contributed by atoms with van der Waals surface area (Å²) in [5, 5.41) is 94.8. The van der Waals surface area contributed by atoms with Gasteiger partial charge in [0.05, 0.1) is 0 Å². The lowest BCUT2D eigenvalue weighted by molar-refractivity contribution is 0.395. The Kier molecular flexibility index (Phi) is 9.09. The van der Waals surface area contributed by atoms with Crippen molar-refractivity contribution >= 4 is 68.0 Å². The summed E-state index contributed by atoms with van der Waals surface area (Å²) in [6, 6.07) is 0. The number of thioether (sulfide) groups is 2. The Morgan fingerprint density at radius 3 is 1.59 bits per heavy atom. The molecule has 4 aromatic carbocycles. The van der Waals surface area contributed by atoms with Crippen LogP contribution < -0.4 is 20.9 Å². The quantitative estimate of drug-likeness (QED) is 0.111. The summed E-state index contributed by atoms with van der Waals surface area (Å²) in [5.41, 5.74) is 0.892. The topological polar surface area (TPSA) is 162 Å². The Labute approximate surface area is 262 Å². The number of aromatic hydroxyl groups is 8. The molecule has 0 radical (unpaired) electrons. The van der Waals surface area contributed by atoms with Gasteiger partial charge in [-0.25, -0.2) is 0 Å². The zero-order valence-electron chi connectivity index (χ0n) is 25.7. The molecule has 0 aromatic heterocycles. The SMILES string of the molecule is C=c1c(O)c2c(=C(C)C)c(O)c(O)c(=CSCC)c2c(O)/c1=c1/c(C)c(O)c2c(C(C)C)c(O)c(O)c(=CSCC)c2c1O. The van der Waals surface area contributed by atoms with Gasteiger partial charge in [-0.3, -0.25) is 0 Å². The smallest absolute Gasteiger partial charge is 0.166 e. The van der Waals surface area contributed by atoms with Crippen LogP contribution in [0.2, 0.25) is 0 Å². The van der Waals surface area contributed by atoms with Gasteiger partial charge < -0.3 is 40.9 Å². The Hall–Kier alpha value is -4.02. The van der Waals surface area contributed by atoms with Gasteiger partial charge in [-0.1, -0.05) is 39.8 Å². The van der Waals surface area contributed by atoms with Crippen LogP contribution in [0.4, 0.5) is 0 Å². The average Bonchev–Trinajstić information content (AvgIpc) is 2.96. The summed E-state index contributed by atoms with van der Waals surface area (Å²) in [5.74, 6) is -2.58. The van der Waals surface area contributed by atoms with E-state index in [-0.39, 0.29) is 75.7 Å². The van der Waals surface area contributed by atoms with E-state index in [1.165, 1.54) is 30.4 Å². The highest BCUT2D eigenvalue weighted by Gasteiger charge is 2.26. The first-order chi connectivity index (χ1) is 20.6. The molecule has 0 aliphatic carbocycles. The van der Waals surface area contributed by atoms with Gasteiger partial charge in [0.2, 0.25) is 0 Å². The van der Waals surface area contributed by atoms with Crippen molar-refractivity contribution < 1.29 is 40.9 Å². The standard InChI is InChI=1S/C34H38O8S2/c1-9-43-11-17-23-25(19(13(3)4)33(41)29(17)37)27(35)15(7)21(31(23)39)22-16(8)28(36)26-20(14(5)6)34(42)30(38)18(12-44-10-2)24(26)32(22)40/h11-12,14,35-42H,7,9-10H2,1-6,8H3/b17-11?,18-12?,22-21-. The van der Waals surface area contributed by atoms with E-state index in [0.717, 1.165) is 0 Å². The van der Waals surface area contributed by atoms with Crippen LogP contribution in [0.5, 0.6) is 46.0 Å². The van der Waals surface area contributed by atoms with Crippen molar-refractivity contribution in [3.63, 3.8) is 0 Å². The number of benzene rings is 4. The molecule has 10 heteroatoms. The Bertz CT molecular complexity index is 2200. The van der Waals surface area contributed by atoms with Crippen molar-refractivity contribution in [3.8, 4) is 46.0 Å². The largest absolute Gasteiger partial charge is 0.507 e. The average molecular weight is 639 g/mol. The van der Waals surface area contributed by atoms with Crippen molar-refractivity contribution in [2.75, 3.05) is 11.5 Å². The molecule has 0 aliphatic heterocycles. The maximum absolute atomic E-state index is 12.0. The number of hydrogen-bond acceptors (Lipinski definition) is 10. The van der Waals surface area contributed by atoms with E-state index >= 15 is 0 Å². The Balaban J connectivity index is 2.59. The van der Waals surface area contributed by atoms with E-state index in [4.69, 9.17) is 0 Å². The van der Waals surface area contributed by atoms with Crippen molar-refractivity contribution in [2.24, 2.45) is 0 Å².